The Hall–Kier alpha value is -3.43. The molecule has 0 N–H and O–H groups in total. The van der Waals surface area contributed by atoms with E-state index in [0.717, 1.165) is 22.9 Å². The average molecular weight is 824 g/mol. The van der Waals surface area contributed by atoms with Crippen molar-refractivity contribution in [2.45, 2.75) is 71.7 Å². The van der Waals surface area contributed by atoms with Gasteiger partial charge in [0.25, 0.3) is 0 Å². The second-order valence-corrected chi connectivity index (χ2v) is 14.3. The molecule has 0 saturated heterocycles. The first kappa shape index (κ1) is 45.0. The molecule has 3 aromatic carbocycles. The Labute approximate surface area is 325 Å². The maximum absolute atomic E-state index is 14.1. The number of aryl methyl sites for hydroxylation is 1. The smallest absolute Gasteiger partial charge is 0.435 e. The monoisotopic (exact) mass is 822 g/mol. The van der Waals surface area contributed by atoms with Crippen molar-refractivity contribution in [2.24, 2.45) is 7.05 Å². The van der Waals surface area contributed by atoms with Crippen LogP contribution in [0.4, 0.5) is 26.3 Å². The molecular weight excluding hydrogens is 781 g/mol. The van der Waals surface area contributed by atoms with E-state index in [-0.39, 0.29) is 58.8 Å². The minimum Gasteiger partial charge on any atom is -0.488 e. The average Bonchev–Trinajstić information content (AvgIpc) is 3.51. The summed E-state index contributed by atoms with van der Waals surface area (Å²) >= 11 is 13.3. The molecular formula is C38H42Cl2F6N2O5S. The highest BCUT2D eigenvalue weighted by Gasteiger charge is 2.37. The van der Waals surface area contributed by atoms with E-state index in [0.29, 0.717) is 22.9 Å². The summed E-state index contributed by atoms with van der Waals surface area (Å²) in [5.41, 5.74) is -2.65. The van der Waals surface area contributed by atoms with Gasteiger partial charge in [0.2, 0.25) is 0 Å². The van der Waals surface area contributed by atoms with Gasteiger partial charge in [-0.3, -0.25) is 9.48 Å². The van der Waals surface area contributed by atoms with Crippen LogP contribution in [0.25, 0.3) is 22.4 Å². The van der Waals surface area contributed by atoms with Crippen LogP contribution in [0, 0.1) is 0 Å². The first-order valence-electron chi connectivity index (χ1n) is 16.8. The van der Waals surface area contributed by atoms with Gasteiger partial charge in [0, 0.05) is 36.2 Å². The summed E-state index contributed by atoms with van der Waals surface area (Å²) in [6, 6.07) is 13.2. The zero-order valence-corrected chi connectivity index (χ0v) is 33.1. The van der Waals surface area contributed by atoms with Crippen LogP contribution >= 0.6 is 35.0 Å². The minimum absolute atomic E-state index is 0.0190. The molecule has 0 saturated carbocycles. The number of nitrogens with zero attached hydrogens (tertiary/aromatic N) is 2. The quantitative estimate of drug-likeness (QED) is 0.0512. The molecule has 0 aliphatic rings. The number of halogens is 8. The summed E-state index contributed by atoms with van der Waals surface area (Å²) in [5, 5.41) is 3.46. The van der Waals surface area contributed by atoms with Crippen molar-refractivity contribution < 1.29 is 50.1 Å². The number of hydrogen-bond donors (Lipinski definition) is 0. The van der Waals surface area contributed by atoms with Crippen molar-refractivity contribution in [3.05, 3.63) is 87.5 Å². The molecule has 1 aromatic heterocycles. The third kappa shape index (κ3) is 12.6. The Morgan fingerprint density at radius 3 is 2.20 bits per heavy atom. The predicted octanol–water partition coefficient (Wildman–Crippen LogP) is 11.6. The fourth-order valence-corrected chi connectivity index (χ4v) is 6.04. The molecule has 0 spiro atoms. The molecule has 0 bridgehead atoms. The van der Waals surface area contributed by atoms with Gasteiger partial charge in [-0.25, -0.2) is 0 Å². The molecule has 7 nitrogen and oxygen atoms in total. The zero-order chi connectivity index (χ0) is 40.4. The van der Waals surface area contributed by atoms with Crippen LogP contribution in [0.3, 0.4) is 0 Å². The molecule has 4 rings (SSSR count). The Balaban J connectivity index is 0.00000385. The minimum atomic E-state index is -4.87. The van der Waals surface area contributed by atoms with Crippen LogP contribution in [-0.4, -0.2) is 52.7 Å². The molecule has 1 unspecified atom stereocenters. The van der Waals surface area contributed by atoms with Crippen molar-refractivity contribution in [2.75, 3.05) is 25.2 Å². The number of carbonyl (C=O) groups is 1. The van der Waals surface area contributed by atoms with E-state index in [1.54, 1.807) is 31.4 Å². The number of rotatable bonds is 15. The summed E-state index contributed by atoms with van der Waals surface area (Å²) < 4.78 is 107. The number of esters is 1. The SMILES string of the molecule is CC.COC(C)(C)COC(C)CSCCC(=O)Oc1c(-c2cc(C(F)(F)F)nn2C)ccc(OCc2ccc(Cl)cc2)c1-c1ccc(Cl)c(C(F)(F)F)c1. The molecule has 0 aliphatic heterocycles. The number of thioether (sulfide) groups is 1. The van der Waals surface area contributed by atoms with E-state index in [1.165, 1.54) is 37.0 Å². The largest absolute Gasteiger partial charge is 0.488 e. The van der Waals surface area contributed by atoms with E-state index in [4.69, 9.17) is 42.1 Å². The van der Waals surface area contributed by atoms with Gasteiger partial charge in [-0.1, -0.05) is 55.2 Å². The number of carbonyl (C=O) groups excluding carboxylic acids is 1. The van der Waals surface area contributed by atoms with Crippen LogP contribution in [-0.2, 0) is 40.3 Å². The first-order chi connectivity index (χ1) is 25.3. The Morgan fingerprint density at radius 2 is 1.61 bits per heavy atom. The van der Waals surface area contributed by atoms with E-state index in [2.05, 4.69) is 5.10 Å². The highest BCUT2D eigenvalue weighted by molar-refractivity contribution is 7.99. The molecule has 4 aromatic rings. The zero-order valence-electron chi connectivity index (χ0n) is 30.8. The summed E-state index contributed by atoms with van der Waals surface area (Å²) in [4.78, 5) is 13.4. The molecule has 0 aliphatic carbocycles. The Bertz CT molecular complexity index is 1850. The number of methoxy groups -OCH3 is 1. The molecule has 1 heterocycles. The van der Waals surface area contributed by atoms with Gasteiger partial charge in [0.05, 0.1) is 46.6 Å². The standard InChI is InChI=1S/C36H36Cl2F6N2O5S.C2H6/c1-21(50-20-34(2,3)48-5)19-52-15-14-31(47)51-33-25(28-17-30(36(42,43)44)45-46(28)4)11-13-29(49-18-22-6-9-24(37)10-7-22)32(33)23-8-12-27(38)26(16-23)35(39,40)41;1-2/h6-13,16-17,21H,14-15,18-20H2,1-5H3;1-2H3. The fraction of sp³-hybridized carbons (Fsp3) is 0.421. The van der Waals surface area contributed by atoms with Crippen molar-refractivity contribution in [3.8, 4) is 33.9 Å². The van der Waals surface area contributed by atoms with Gasteiger partial charge in [-0.15, -0.1) is 0 Å². The molecule has 1 atom stereocenters. The first-order valence-corrected chi connectivity index (χ1v) is 18.7. The molecule has 0 fully saturated rings. The van der Waals surface area contributed by atoms with E-state index < -0.39 is 40.2 Å². The fourth-order valence-electron chi connectivity index (χ4n) is 4.78. The number of hydrogen-bond acceptors (Lipinski definition) is 7. The molecule has 54 heavy (non-hydrogen) atoms. The molecule has 0 radical (unpaired) electrons. The molecule has 0 amide bonds. The Morgan fingerprint density at radius 1 is 0.944 bits per heavy atom. The summed E-state index contributed by atoms with van der Waals surface area (Å²) in [6.45, 7) is 9.90. The predicted molar refractivity (Wildman–Crippen MR) is 200 cm³/mol. The van der Waals surface area contributed by atoms with E-state index >= 15 is 0 Å². The maximum atomic E-state index is 14.1. The van der Waals surface area contributed by atoms with Gasteiger partial charge in [0.15, 0.2) is 11.4 Å². The second-order valence-electron chi connectivity index (χ2n) is 12.3. The van der Waals surface area contributed by atoms with Gasteiger partial charge in [0.1, 0.15) is 12.4 Å². The van der Waals surface area contributed by atoms with Crippen LogP contribution in [0.1, 0.15) is 57.9 Å². The number of ether oxygens (including phenoxy) is 4. The third-order valence-electron chi connectivity index (χ3n) is 7.72. The van der Waals surface area contributed by atoms with Crippen molar-refractivity contribution in [1.82, 2.24) is 9.78 Å². The topological polar surface area (TPSA) is 71.8 Å². The Kier molecular flexibility index (Phi) is 16.2. The normalized spacial score (nSPS) is 12.6. The lowest BCUT2D eigenvalue weighted by Crippen LogP contribution is -2.31. The van der Waals surface area contributed by atoms with Crippen molar-refractivity contribution in [1.29, 1.82) is 0 Å². The van der Waals surface area contributed by atoms with Crippen LogP contribution in [0.5, 0.6) is 11.5 Å². The van der Waals surface area contributed by atoms with E-state index in [9.17, 15) is 31.1 Å². The summed E-state index contributed by atoms with van der Waals surface area (Å²) in [6.07, 6.45) is -10.0. The van der Waals surface area contributed by atoms with Gasteiger partial charge in [-0.05, 0) is 74.4 Å². The lowest BCUT2D eigenvalue weighted by molar-refractivity contribution is -0.141. The lowest BCUT2D eigenvalue weighted by atomic mass is 9.96. The third-order valence-corrected chi connectivity index (χ3v) is 9.50. The van der Waals surface area contributed by atoms with Crippen LogP contribution < -0.4 is 9.47 Å². The van der Waals surface area contributed by atoms with Crippen molar-refractivity contribution in [3.63, 3.8) is 0 Å². The van der Waals surface area contributed by atoms with Crippen LogP contribution in [0.2, 0.25) is 10.0 Å². The number of benzene rings is 3. The highest BCUT2D eigenvalue weighted by atomic mass is 35.5. The van der Waals surface area contributed by atoms with Crippen LogP contribution in [0.15, 0.2) is 60.7 Å². The van der Waals surface area contributed by atoms with Gasteiger partial charge >= 0.3 is 18.3 Å². The van der Waals surface area contributed by atoms with Crippen molar-refractivity contribution >= 4 is 40.9 Å². The second kappa shape index (κ2) is 19.4. The number of alkyl halides is 6. The summed E-state index contributed by atoms with van der Waals surface area (Å²) in [5.74, 6) is -0.329. The molecule has 16 heteroatoms. The van der Waals surface area contributed by atoms with Gasteiger partial charge < -0.3 is 18.9 Å². The highest BCUT2D eigenvalue weighted by Crippen LogP contribution is 2.48. The number of aromatic nitrogens is 2. The maximum Gasteiger partial charge on any atom is 0.435 e. The lowest BCUT2D eigenvalue weighted by Gasteiger charge is -2.24. The van der Waals surface area contributed by atoms with Gasteiger partial charge in [-0.2, -0.15) is 43.2 Å². The summed E-state index contributed by atoms with van der Waals surface area (Å²) in [7, 11) is 2.84. The molecule has 296 valence electrons. The van der Waals surface area contributed by atoms with E-state index in [1.807, 2.05) is 34.6 Å².